The van der Waals surface area contributed by atoms with E-state index in [1.807, 2.05) is 18.5 Å². The topological polar surface area (TPSA) is 56.8 Å². The number of nitrogens with zero attached hydrogens (tertiary/aromatic N) is 3. The largest absolute Gasteiger partial charge is 0.370 e. The van der Waals surface area contributed by atoms with Gasteiger partial charge < -0.3 is 15.2 Å². The lowest BCUT2D eigenvalue weighted by Gasteiger charge is -2.19. The molecule has 0 saturated carbocycles. The second-order valence-corrected chi connectivity index (χ2v) is 6.01. The Balaban J connectivity index is 1.61. The summed E-state index contributed by atoms with van der Waals surface area (Å²) in [6.45, 7) is 5.37. The molecule has 0 aliphatic carbocycles. The Labute approximate surface area is 135 Å². The molecule has 23 heavy (non-hydrogen) atoms. The van der Waals surface area contributed by atoms with Crippen LogP contribution in [0.2, 0.25) is 0 Å². The maximum absolute atomic E-state index is 4.69. The van der Waals surface area contributed by atoms with Crippen LogP contribution in [0.1, 0.15) is 13.3 Å². The Morgan fingerprint density at radius 3 is 3.22 bits per heavy atom. The van der Waals surface area contributed by atoms with E-state index in [9.17, 15) is 0 Å². The van der Waals surface area contributed by atoms with Gasteiger partial charge in [0.2, 0.25) is 0 Å². The molecular formula is C18H21N5. The van der Waals surface area contributed by atoms with Crippen molar-refractivity contribution in [3.8, 4) is 11.3 Å². The summed E-state index contributed by atoms with van der Waals surface area (Å²) >= 11 is 0. The minimum atomic E-state index is 0.597. The Kier molecular flexibility index (Phi) is 3.71. The number of aromatic nitrogens is 3. The number of benzene rings is 1. The van der Waals surface area contributed by atoms with E-state index in [4.69, 9.17) is 4.98 Å². The average molecular weight is 307 g/mol. The molecule has 118 valence electrons. The number of likely N-dealkylation sites (N-methyl/N-ethyl adjacent to an activating group) is 1. The minimum Gasteiger partial charge on any atom is -0.370 e. The van der Waals surface area contributed by atoms with Crippen LogP contribution >= 0.6 is 0 Å². The van der Waals surface area contributed by atoms with Gasteiger partial charge in [-0.1, -0.05) is 19.1 Å². The van der Waals surface area contributed by atoms with E-state index in [1.165, 1.54) is 12.1 Å². The SMILES string of the molecule is CCNC1CCN(c2cccc(-c3cnc4[nH]ccc4n3)c2)C1. The molecule has 1 fully saturated rings. The normalized spacial score (nSPS) is 18.0. The lowest BCUT2D eigenvalue weighted by atomic mass is 10.1. The monoisotopic (exact) mass is 307 g/mol. The van der Waals surface area contributed by atoms with Gasteiger partial charge in [0.25, 0.3) is 0 Å². The smallest absolute Gasteiger partial charge is 0.156 e. The van der Waals surface area contributed by atoms with E-state index in [-0.39, 0.29) is 0 Å². The van der Waals surface area contributed by atoms with Gasteiger partial charge in [-0.15, -0.1) is 0 Å². The lowest BCUT2D eigenvalue weighted by Crippen LogP contribution is -2.32. The van der Waals surface area contributed by atoms with Crippen molar-refractivity contribution in [1.82, 2.24) is 20.3 Å². The Morgan fingerprint density at radius 2 is 2.30 bits per heavy atom. The predicted octanol–water partition coefficient (Wildman–Crippen LogP) is 2.81. The number of H-pyrrole nitrogens is 1. The van der Waals surface area contributed by atoms with Crippen LogP contribution in [0.15, 0.2) is 42.7 Å². The van der Waals surface area contributed by atoms with Crippen LogP contribution in [0.4, 0.5) is 5.69 Å². The van der Waals surface area contributed by atoms with Crippen molar-refractivity contribution in [2.75, 3.05) is 24.5 Å². The first-order valence-corrected chi connectivity index (χ1v) is 8.22. The highest BCUT2D eigenvalue weighted by molar-refractivity contribution is 5.75. The molecule has 2 aromatic heterocycles. The Hall–Kier alpha value is -2.40. The van der Waals surface area contributed by atoms with Gasteiger partial charge in [0.05, 0.1) is 11.9 Å². The highest BCUT2D eigenvalue weighted by atomic mass is 15.2. The first-order chi connectivity index (χ1) is 11.3. The maximum atomic E-state index is 4.69. The average Bonchev–Trinajstić information content (AvgIpc) is 3.23. The number of hydrogen-bond acceptors (Lipinski definition) is 4. The van der Waals surface area contributed by atoms with Crippen LogP contribution in [0.5, 0.6) is 0 Å². The first kappa shape index (κ1) is 14.2. The summed E-state index contributed by atoms with van der Waals surface area (Å²) < 4.78 is 0. The third kappa shape index (κ3) is 2.80. The molecule has 0 bridgehead atoms. The quantitative estimate of drug-likeness (QED) is 0.778. The molecular weight excluding hydrogens is 286 g/mol. The lowest BCUT2D eigenvalue weighted by molar-refractivity contribution is 0.572. The van der Waals surface area contributed by atoms with Crippen LogP contribution in [0.3, 0.4) is 0 Å². The van der Waals surface area contributed by atoms with Crippen molar-refractivity contribution in [3.05, 3.63) is 42.7 Å². The number of fused-ring (bicyclic) bond motifs is 1. The number of anilines is 1. The molecule has 0 amide bonds. The van der Waals surface area contributed by atoms with Gasteiger partial charge in [0, 0.05) is 36.6 Å². The van der Waals surface area contributed by atoms with E-state index < -0.39 is 0 Å². The van der Waals surface area contributed by atoms with Gasteiger partial charge in [-0.3, -0.25) is 0 Å². The molecule has 1 atom stereocenters. The van der Waals surface area contributed by atoms with E-state index in [2.05, 4.69) is 51.4 Å². The number of nitrogens with one attached hydrogen (secondary N) is 2. The van der Waals surface area contributed by atoms with Gasteiger partial charge >= 0.3 is 0 Å². The van der Waals surface area contributed by atoms with Crippen LogP contribution in [-0.2, 0) is 0 Å². The van der Waals surface area contributed by atoms with Crippen LogP contribution in [0.25, 0.3) is 22.4 Å². The van der Waals surface area contributed by atoms with Gasteiger partial charge in [0.1, 0.15) is 5.52 Å². The summed E-state index contributed by atoms with van der Waals surface area (Å²) in [7, 11) is 0. The van der Waals surface area contributed by atoms with E-state index in [1.54, 1.807) is 0 Å². The number of hydrogen-bond donors (Lipinski definition) is 2. The molecule has 3 heterocycles. The number of aromatic amines is 1. The van der Waals surface area contributed by atoms with Crippen LogP contribution < -0.4 is 10.2 Å². The van der Waals surface area contributed by atoms with Crippen molar-refractivity contribution >= 4 is 16.9 Å². The summed E-state index contributed by atoms with van der Waals surface area (Å²) in [5.74, 6) is 0. The molecule has 0 spiro atoms. The molecule has 5 heteroatoms. The van der Waals surface area contributed by atoms with E-state index in [0.29, 0.717) is 6.04 Å². The summed E-state index contributed by atoms with van der Waals surface area (Å²) in [5.41, 5.74) is 5.03. The van der Waals surface area contributed by atoms with Gasteiger partial charge in [-0.2, -0.15) is 0 Å². The van der Waals surface area contributed by atoms with Crippen molar-refractivity contribution in [2.45, 2.75) is 19.4 Å². The van der Waals surface area contributed by atoms with Crippen LogP contribution in [-0.4, -0.2) is 40.6 Å². The van der Waals surface area contributed by atoms with Gasteiger partial charge in [0.15, 0.2) is 5.65 Å². The summed E-state index contributed by atoms with van der Waals surface area (Å²) in [6, 6.07) is 11.2. The standard InChI is InChI=1S/C18H21N5/c1-2-19-14-7-9-23(12-14)15-5-3-4-13(10-15)17-11-21-18-16(22-17)6-8-20-18/h3-6,8,10-11,14,19H,2,7,9,12H2,1H3,(H,20,21). The maximum Gasteiger partial charge on any atom is 0.156 e. The zero-order valence-electron chi connectivity index (χ0n) is 13.3. The molecule has 1 saturated heterocycles. The molecule has 1 aliphatic heterocycles. The fourth-order valence-corrected chi connectivity index (χ4v) is 3.28. The molecule has 4 rings (SSSR count). The van der Waals surface area contributed by atoms with E-state index in [0.717, 1.165) is 42.1 Å². The molecule has 2 N–H and O–H groups in total. The minimum absolute atomic E-state index is 0.597. The van der Waals surface area contributed by atoms with Crippen molar-refractivity contribution < 1.29 is 0 Å². The van der Waals surface area contributed by atoms with Gasteiger partial charge in [-0.05, 0) is 31.2 Å². The van der Waals surface area contributed by atoms with Crippen molar-refractivity contribution in [1.29, 1.82) is 0 Å². The van der Waals surface area contributed by atoms with E-state index >= 15 is 0 Å². The molecule has 1 unspecified atom stereocenters. The molecule has 0 radical (unpaired) electrons. The molecule has 1 aromatic carbocycles. The fraction of sp³-hybridized carbons (Fsp3) is 0.333. The predicted molar refractivity (Wildman–Crippen MR) is 93.6 cm³/mol. The van der Waals surface area contributed by atoms with Crippen molar-refractivity contribution in [2.24, 2.45) is 0 Å². The third-order valence-corrected chi connectivity index (χ3v) is 4.45. The zero-order valence-corrected chi connectivity index (χ0v) is 13.3. The van der Waals surface area contributed by atoms with Crippen molar-refractivity contribution in [3.63, 3.8) is 0 Å². The van der Waals surface area contributed by atoms with Gasteiger partial charge in [-0.25, -0.2) is 9.97 Å². The number of rotatable bonds is 4. The Morgan fingerprint density at radius 1 is 1.35 bits per heavy atom. The third-order valence-electron chi connectivity index (χ3n) is 4.45. The molecule has 1 aliphatic rings. The molecule has 5 nitrogen and oxygen atoms in total. The Bertz CT molecular complexity index is 810. The first-order valence-electron chi connectivity index (χ1n) is 8.22. The molecule has 3 aromatic rings. The second-order valence-electron chi connectivity index (χ2n) is 6.01. The zero-order chi connectivity index (χ0) is 15.6. The second kappa shape index (κ2) is 6.01. The fourth-order valence-electron chi connectivity index (χ4n) is 3.28. The summed E-state index contributed by atoms with van der Waals surface area (Å²) in [4.78, 5) is 14.7. The highest BCUT2D eigenvalue weighted by Gasteiger charge is 2.21. The summed E-state index contributed by atoms with van der Waals surface area (Å²) in [6.07, 6.45) is 4.91. The summed E-state index contributed by atoms with van der Waals surface area (Å²) in [5, 5.41) is 3.54. The highest BCUT2D eigenvalue weighted by Crippen LogP contribution is 2.26. The van der Waals surface area contributed by atoms with Crippen LogP contribution in [0, 0.1) is 0 Å².